The molecule has 1 atom stereocenters. The number of likely N-dealkylation sites (tertiary alicyclic amines) is 1. The minimum atomic E-state index is -0.209. The second-order valence-corrected chi connectivity index (χ2v) is 5.24. The second kappa shape index (κ2) is 6.69. The fraction of sp³-hybridized carbons (Fsp3) is 0.500. The van der Waals surface area contributed by atoms with Crippen LogP contribution in [0.1, 0.15) is 18.4 Å². The van der Waals surface area contributed by atoms with E-state index in [1.165, 1.54) is 6.07 Å². The molecule has 0 radical (unpaired) electrons. The number of nitrogens with two attached hydrogens (primary N) is 1. The Morgan fingerprint density at radius 3 is 2.88 bits per heavy atom. The molecule has 2 N–H and O–H groups in total. The van der Waals surface area contributed by atoms with Gasteiger partial charge in [0, 0.05) is 19.1 Å². The molecule has 5 heteroatoms. The van der Waals surface area contributed by atoms with Gasteiger partial charge in [-0.05, 0) is 53.0 Å². The Bertz CT molecular complexity index is 376. The van der Waals surface area contributed by atoms with Crippen LogP contribution in [-0.2, 0) is 6.54 Å². The smallest absolute Gasteiger partial charge is 0.137 e. The highest BCUT2D eigenvalue weighted by molar-refractivity contribution is 9.10. The normalized spacial score (nSPS) is 21.0. The van der Waals surface area contributed by atoms with Crippen molar-refractivity contribution in [2.45, 2.75) is 25.4 Å². The summed E-state index contributed by atoms with van der Waals surface area (Å²) in [6.45, 7) is 2.88. The molecule has 1 aromatic carbocycles. The van der Waals surface area contributed by atoms with Crippen molar-refractivity contribution in [3.05, 3.63) is 34.1 Å². The van der Waals surface area contributed by atoms with Crippen LogP contribution in [-0.4, -0.2) is 24.0 Å². The van der Waals surface area contributed by atoms with Crippen molar-refractivity contribution in [1.82, 2.24) is 4.90 Å². The quantitative estimate of drug-likeness (QED) is 0.907. The van der Waals surface area contributed by atoms with Crippen LogP contribution in [0.2, 0.25) is 0 Å². The van der Waals surface area contributed by atoms with Gasteiger partial charge in [0.1, 0.15) is 5.82 Å². The van der Waals surface area contributed by atoms with Gasteiger partial charge in [0.15, 0.2) is 0 Å². The molecule has 0 unspecified atom stereocenters. The number of rotatable bonds is 2. The lowest BCUT2D eigenvalue weighted by Crippen LogP contribution is -2.42. The molecule has 96 valence electrons. The van der Waals surface area contributed by atoms with Crippen LogP contribution < -0.4 is 5.73 Å². The summed E-state index contributed by atoms with van der Waals surface area (Å²) in [5.74, 6) is -0.209. The van der Waals surface area contributed by atoms with E-state index >= 15 is 0 Å². The highest BCUT2D eigenvalue weighted by atomic mass is 79.9. The Hall–Kier alpha value is -0.160. The summed E-state index contributed by atoms with van der Waals surface area (Å²) in [7, 11) is 0. The lowest BCUT2D eigenvalue weighted by atomic mass is 10.1. The average molecular weight is 324 g/mol. The van der Waals surface area contributed by atoms with Gasteiger partial charge < -0.3 is 5.73 Å². The van der Waals surface area contributed by atoms with E-state index in [0.717, 1.165) is 38.0 Å². The molecule has 17 heavy (non-hydrogen) atoms. The summed E-state index contributed by atoms with van der Waals surface area (Å²) >= 11 is 3.20. The molecule has 0 aromatic heterocycles. The zero-order valence-corrected chi connectivity index (χ0v) is 11.9. The van der Waals surface area contributed by atoms with Crippen molar-refractivity contribution in [2.75, 3.05) is 13.1 Å². The Kier molecular flexibility index (Phi) is 5.86. The SMILES string of the molecule is Cl.N[C@@H]1CCCN(Cc2ccc(F)c(Br)c2)C1. The van der Waals surface area contributed by atoms with Crippen LogP contribution in [0.3, 0.4) is 0 Å². The molecular formula is C12H17BrClFN2. The lowest BCUT2D eigenvalue weighted by Gasteiger charge is -2.30. The number of halogens is 3. The van der Waals surface area contributed by atoms with E-state index in [1.807, 2.05) is 12.1 Å². The fourth-order valence-corrected chi connectivity index (χ4v) is 2.56. The number of nitrogens with zero attached hydrogens (tertiary/aromatic N) is 1. The van der Waals surface area contributed by atoms with Crippen molar-refractivity contribution in [3.63, 3.8) is 0 Å². The zero-order chi connectivity index (χ0) is 11.5. The molecule has 1 heterocycles. The van der Waals surface area contributed by atoms with E-state index in [0.29, 0.717) is 4.47 Å². The van der Waals surface area contributed by atoms with E-state index in [2.05, 4.69) is 20.8 Å². The molecule has 0 saturated carbocycles. The van der Waals surface area contributed by atoms with E-state index in [9.17, 15) is 4.39 Å². The van der Waals surface area contributed by atoms with Gasteiger partial charge in [-0.3, -0.25) is 4.90 Å². The van der Waals surface area contributed by atoms with Gasteiger partial charge in [0.2, 0.25) is 0 Å². The molecule has 1 aliphatic rings. The predicted molar refractivity (Wildman–Crippen MR) is 73.8 cm³/mol. The molecule has 0 aliphatic carbocycles. The number of hydrogen-bond donors (Lipinski definition) is 1. The standard InChI is InChI=1S/C12H16BrFN2.ClH/c13-11-6-9(3-4-12(11)14)7-16-5-1-2-10(15)8-16;/h3-4,6,10H,1-2,5,7-8,15H2;1H/t10-;/m1./s1. The van der Waals surface area contributed by atoms with E-state index in [1.54, 1.807) is 0 Å². The van der Waals surface area contributed by atoms with Crippen molar-refractivity contribution in [2.24, 2.45) is 5.73 Å². The number of benzene rings is 1. The third-order valence-corrected chi connectivity index (χ3v) is 3.54. The minimum absolute atomic E-state index is 0. The van der Waals surface area contributed by atoms with Gasteiger partial charge in [-0.25, -0.2) is 4.39 Å². The maximum atomic E-state index is 13.1. The summed E-state index contributed by atoms with van der Waals surface area (Å²) in [5, 5.41) is 0. The Morgan fingerprint density at radius 2 is 2.24 bits per heavy atom. The summed E-state index contributed by atoms with van der Waals surface area (Å²) < 4.78 is 13.6. The molecule has 2 nitrogen and oxygen atoms in total. The molecule has 1 saturated heterocycles. The first-order valence-corrected chi connectivity index (χ1v) is 6.36. The van der Waals surface area contributed by atoms with Gasteiger partial charge >= 0.3 is 0 Å². The summed E-state index contributed by atoms with van der Waals surface area (Å²) in [6.07, 6.45) is 2.27. The van der Waals surface area contributed by atoms with E-state index in [4.69, 9.17) is 5.73 Å². The fourth-order valence-electron chi connectivity index (χ4n) is 2.13. The zero-order valence-electron chi connectivity index (χ0n) is 9.53. The molecule has 1 fully saturated rings. The minimum Gasteiger partial charge on any atom is -0.327 e. The first-order chi connectivity index (χ1) is 7.65. The Labute approximate surface area is 116 Å². The third kappa shape index (κ3) is 4.21. The molecule has 0 bridgehead atoms. The first-order valence-electron chi connectivity index (χ1n) is 5.57. The third-order valence-electron chi connectivity index (χ3n) is 2.93. The monoisotopic (exact) mass is 322 g/mol. The van der Waals surface area contributed by atoms with Crippen LogP contribution >= 0.6 is 28.3 Å². The van der Waals surface area contributed by atoms with Crippen molar-refractivity contribution in [1.29, 1.82) is 0 Å². The molecule has 0 amide bonds. The van der Waals surface area contributed by atoms with Crippen LogP contribution in [0.5, 0.6) is 0 Å². The van der Waals surface area contributed by atoms with Gasteiger partial charge in [-0.2, -0.15) is 0 Å². The topological polar surface area (TPSA) is 29.3 Å². The summed E-state index contributed by atoms with van der Waals surface area (Å²) in [4.78, 5) is 2.33. The van der Waals surface area contributed by atoms with Crippen LogP contribution in [0, 0.1) is 5.82 Å². The van der Waals surface area contributed by atoms with Gasteiger partial charge in [0.25, 0.3) is 0 Å². The number of hydrogen-bond acceptors (Lipinski definition) is 2. The maximum absolute atomic E-state index is 13.1. The van der Waals surface area contributed by atoms with Crippen molar-refractivity contribution >= 4 is 28.3 Å². The second-order valence-electron chi connectivity index (χ2n) is 4.39. The Balaban J connectivity index is 0.00000144. The summed E-state index contributed by atoms with van der Waals surface area (Å²) in [6, 6.07) is 5.47. The summed E-state index contributed by atoms with van der Waals surface area (Å²) in [5.41, 5.74) is 7.05. The molecule has 1 aromatic rings. The van der Waals surface area contributed by atoms with Crippen LogP contribution in [0.15, 0.2) is 22.7 Å². The highest BCUT2D eigenvalue weighted by Gasteiger charge is 2.16. The lowest BCUT2D eigenvalue weighted by molar-refractivity contribution is 0.201. The van der Waals surface area contributed by atoms with Crippen molar-refractivity contribution in [3.8, 4) is 0 Å². The highest BCUT2D eigenvalue weighted by Crippen LogP contribution is 2.19. The number of piperidine rings is 1. The molecular weight excluding hydrogens is 307 g/mol. The maximum Gasteiger partial charge on any atom is 0.137 e. The Morgan fingerprint density at radius 1 is 1.47 bits per heavy atom. The van der Waals surface area contributed by atoms with E-state index < -0.39 is 0 Å². The molecule has 1 aliphatic heterocycles. The van der Waals surface area contributed by atoms with Gasteiger partial charge in [-0.15, -0.1) is 12.4 Å². The largest absolute Gasteiger partial charge is 0.327 e. The molecule has 2 rings (SSSR count). The van der Waals surface area contributed by atoms with Crippen LogP contribution in [0.25, 0.3) is 0 Å². The average Bonchev–Trinajstić information content (AvgIpc) is 2.24. The van der Waals surface area contributed by atoms with Gasteiger partial charge in [0.05, 0.1) is 4.47 Å². The van der Waals surface area contributed by atoms with Crippen LogP contribution in [0.4, 0.5) is 4.39 Å². The van der Waals surface area contributed by atoms with E-state index in [-0.39, 0.29) is 24.3 Å². The van der Waals surface area contributed by atoms with Gasteiger partial charge in [-0.1, -0.05) is 6.07 Å². The molecule has 0 spiro atoms. The van der Waals surface area contributed by atoms with Crippen molar-refractivity contribution < 1.29 is 4.39 Å². The first kappa shape index (κ1) is 14.9. The predicted octanol–water partition coefficient (Wildman–Crippen LogP) is 2.93.